The van der Waals surface area contributed by atoms with Gasteiger partial charge in [-0.05, 0) is 38.7 Å². The summed E-state index contributed by atoms with van der Waals surface area (Å²) in [4.78, 5) is 28.5. The van der Waals surface area contributed by atoms with Crippen LogP contribution in [0.2, 0.25) is 0 Å². The highest BCUT2D eigenvalue weighted by Gasteiger charge is 2.20. The Kier molecular flexibility index (Phi) is 3.89. The molecule has 7 heteroatoms. The zero-order valence-electron chi connectivity index (χ0n) is 12.1. The van der Waals surface area contributed by atoms with Gasteiger partial charge < -0.3 is 0 Å². The molecule has 0 radical (unpaired) electrons. The van der Waals surface area contributed by atoms with Crippen molar-refractivity contribution in [2.75, 3.05) is 5.32 Å². The van der Waals surface area contributed by atoms with Crippen molar-refractivity contribution in [2.24, 2.45) is 0 Å². The molecule has 114 valence electrons. The molecule has 1 amide bonds. The van der Waals surface area contributed by atoms with Crippen molar-refractivity contribution < 1.29 is 9.72 Å². The van der Waals surface area contributed by atoms with Gasteiger partial charge in [0.25, 0.3) is 11.6 Å². The molecule has 1 aromatic heterocycles. The van der Waals surface area contributed by atoms with Crippen molar-refractivity contribution in [1.29, 1.82) is 0 Å². The van der Waals surface area contributed by atoms with Crippen LogP contribution in [-0.2, 0) is 12.8 Å². The number of aromatic nitrogens is 1. The van der Waals surface area contributed by atoms with Gasteiger partial charge in [-0.25, -0.2) is 4.98 Å². The predicted octanol–water partition coefficient (Wildman–Crippen LogP) is 3.49. The topological polar surface area (TPSA) is 85.1 Å². The van der Waals surface area contributed by atoms with Gasteiger partial charge in [-0.15, -0.1) is 11.3 Å². The number of fused-ring (bicyclic) bond motifs is 1. The molecule has 0 saturated heterocycles. The summed E-state index contributed by atoms with van der Waals surface area (Å²) in [6.07, 6.45) is 4.26. The van der Waals surface area contributed by atoms with Gasteiger partial charge >= 0.3 is 0 Å². The largest absolute Gasteiger partial charge is 0.298 e. The van der Waals surface area contributed by atoms with E-state index in [1.54, 1.807) is 13.0 Å². The molecule has 0 fully saturated rings. The van der Waals surface area contributed by atoms with E-state index in [9.17, 15) is 14.9 Å². The van der Waals surface area contributed by atoms with Crippen LogP contribution in [0.1, 0.15) is 39.3 Å². The molecule has 1 N–H and O–H groups in total. The van der Waals surface area contributed by atoms with E-state index in [4.69, 9.17) is 0 Å². The van der Waals surface area contributed by atoms with Crippen LogP contribution in [0.5, 0.6) is 0 Å². The molecule has 0 atom stereocenters. The number of anilines is 1. The van der Waals surface area contributed by atoms with Gasteiger partial charge in [0.15, 0.2) is 5.13 Å². The Morgan fingerprint density at radius 1 is 1.36 bits per heavy atom. The number of hydrogen-bond donors (Lipinski definition) is 1. The van der Waals surface area contributed by atoms with Crippen molar-refractivity contribution in [3.63, 3.8) is 0 Å². The first kappa shape index (κ1) is 14.6. The van der Waals surface area contributed by atoms with Crippen molar-refractivity contribution >= 4 is 28.1 Å². The van der Waals surface area contributed by atoms with E-state index < -0.39 is 4.92 Å². The Morgan fingerprint density at radius 3 is 2.86 bits per heavy atom. The molecule has 6 nitrogen and oxygen atoms in total. The second kappa shape index (κ2) is 5.84. The summed E-state index contributed by atoms with van der Waals surface area (Å²) in [5.41, 5.74) is 1.70. The number of rotatable bonds is 3. The van der Waals surface area contributed by atoms with Crippen LogP contribution in [0.15, 0.2) is 18.2 Å². The minimum Gasteiger partial charge on any atom is -0.298 e. The smallest absolute Gasteiger partial charge is 0.273 e. The van der Waals surface area contributed by atoms with Gasteiger partial charge in [0.1, 0.15) is 0 Å². The average molecular weight is 317 g/mol. The zero-order valence-corrected chi connectivity index (χ0v) is 12.9. The van der Waals surface area contributed by atoms with Gasteiger partial charge in [-0.3, -0.25) is 20.2 Å². The third-order valence-electron chi connectivity index (χ3n) is 3.81. The first-order valence-corrected chi connectivity index (χ1v) is 7.92. The second-order valence-corrected chi connectivity index (χ2v) is 6.34. The zero-order chi connectivity index (χ0) is 15.7. The number of hydrogen-bond acceptors (Lipinski definition) is 5. The number of amides is 1. The summed E-state index contributed by atoms with van der Waals surface area (Å²) in [5.74, 6) is -0.354. The molecular formula is C15H15N3O3S. The maximum absolute atomic E-state index is 12.4. The van der Waals surface area contributed by atoms with E-state index in [1.165, 1.54) is 28.3 Å². The molecule has 2 aromatic rings. The van der Waals surface area contributed by atoms with Gasteiger partial charge in [0.2, 0.25) is 0 Å². The lowest BCUT2D eigenvalue weighted by Gasteiger charge is -2.06. The fourth-order valence-corrected chi connectivity index (χ4v) is 3.68. The molecule has 1 aromatic carbocycles. The van der Waals surface area contributed by atoms with Gasteiger partial charge in [0, 0.05) is 22.1 Å². The molecule has 0 aliphatic heterocycles. The fourth-order valence-electron chi connectivity index (χ4n) is 2.64. The average Bonchev–Trinajstić information content (AvgIpc) is 2.89. The van der Waals surface area contributed by atoms with E-state index in [0.29, 0.717) is 16.3 Å². The summed E-state index contributed by atoms with van der Waals surface area (Å²) in [6.45, 7) is 1.58. The number of nitrogens with one attached hydrogen (secondary N) is 1. The highest BCUT2D eigenvalue weighted by molar-refractivity contribution is 7.15. The monoisotopic (exact) mass is 317 g/mol. The summed E-state index contributed by atoms with van der Waals surface area (Å²) < 4.78 is 0. The maximum Gasteiger partial charge on any atom is 0.273 e. The molecule has 3 rings (SSSR count). The molecular weight excluding hydrogens is 302 g/mol. The minimum atomic E-state index is -0.478. The van der Waals surface area contributed by atoms with Crippen LogP contribution >= 0.6 is 11.3 Å². The number of nitro benzene ring substituents is 1. The summed E-state index contributed by atoms with van der Waals surface area (Å²) >= 11 is 1.50. The summed E-state index contributed by atoms with van der Waals surface area (Å²) in [6, 6.07) is 4.51. The number of nitrogens with zero attached hydrogens (tertiary/aromatic N) is 2. The van der Waals surface area contributed by atoms with Crippen LogP contribution in [0.25, 0.3) is 0 Å². The minimum absolute atomic E-state index is 0.0499. The maximum atomic E-state index is 12.4. The van der Waals surface area contributed by atoms with Crippen molar-refractivity contribution in [1.82, 2.24) is 4.98 Å². The van der Waals surface area contributed by atoms with Crippen LogP contribution in [0.4, 0.5) is 10.8 Å². The van der Waals surface area contributed by atoms with Gasteiger partial charge in [0.05, 0.1) is 10.6 Å². The first-order valence-electron chi connectivity index (χ1n) is 7.10. The quantitative estimate of drug-likeness (QED) is 0.693. The Morgan fingerprint density at radius 2 is 2.14 bits per heavy atom. The van der Waals surface area contributed by atoms with E-state index in [-0.39, 0.29) is 11.6 Å². The van der Waals surface area contributed by atoms with Crippen molar-refractivity contribution in [3.05, 3.63) is 50.0 Å². The summed E-state index contributed by atoms with van der Waals surface area (Å²) in [5, 5.41) is 14.3. The molecule has 0 spiro atoms. The number of nitro groups is 1. The molecule has 0 bridgehead atoms. The van der Waals surface area contributed by atoms with Crippen LogP contribution in [-0.4, -0.2) is 15.8 Å². The number of benzene rings is 1. The Hall–Kier alpha value is -2.28. The number of aryl methyl sites for hydroxylation is 2. The lowest BCUT2D eigenvalue weighted by atomic mass is 10.0. The molecule has 1 heterocycles. The predicted molar refractivity (Wildman–Crippen MR) is 84.5 cm³/mol. The van der Waals surface area contributed by atoms with Crippen LogP contribution in [0.3, 0.4) is 0 Å². The lowest BCUT2D eigenvalue weighted by Crippen LogP contribution is -2.14. The second-order valence-electron chi connectivity index (χ2n) is 5.26. The highest BCUT2D eigenvalue weighted by atomic mass is 32.1. The van der Waals surface area contributed by atoms with Crippen molar-refractivity contribution in [2.45, 2.75) is 32.6 Å². The number of carbonyl (C=O) groups excluding carboxylic acids is 1. The Labute approximate surface area is 131 Å². The highest BCUT2D eigenvalue weighted by Crippen LogP contribution is 2.30. The number of thiazole rings is 1. The van der Waals surface area contributed by atoms with E-state index in [1.807, 2.05) is 0 Å². The van der Waals surface area contributed by atoms with E-state index in [2.05, 4.69) is 10.3 Å². The van der Waals surface area contributed by atoms with Crippen LogP contribution in [0, 0.1) is 17.0 Å². The van der Waals surface area contributed by atoms with Gasteiger partial charge in [-0.2, -0.15) is 0 Å². The SMILES string of the molecule is Cc1c(C(=O)Nc2nc3c(s2)CCCC3)cccc1[N+](=O)[O-]. The molecule has 1 aliphatic rings. The van der Waals surface area contributed by atoms with E-state index >= 15 is 0 Å². The fraction of sp³-hybridized carbons (Fsp3) is 0.333. The third-order valence-corrected chi connectivity index (χ3v) is 4.89. The summed E-state index contributed by atoms with van der Waals surface area (Å²) in [7, 11) is 0. The normalized spacial score (nSPS) is 13.5. The number of carbonyl (C=O) groups is 1. The van der Waals surface area contributed by atoms with Crippen molar-refractivity contribution in [3.8, 4) is 0 Å². The standard InChI is InChI=1S/C15H15N3O3S/c1-9-10(5-4-7-12(9)18(20)21)14(19)17-15-16-11-6-2-3-8-13(11)22-15/h4-5,7H,2-3,6,8H2,1H3,(H,16,17,19). The third kappa shape index (κ3) is 2.71. The first-order chi connectivity index (χ1) is 10.6. The molecule has 1 aliphatic carbocycles. The lowest BCUT2D eigenvalue weighted by molar-refractivity contribution is -0.385. The molecule has 22 heavy (non-hydrogen) atoms. The molecule has 0 saturated carbocycles. The Bertz CT molecular complexity index is 731. The van der Waals surface area contributed by atoms with Crippen LogP contribution < -0.4 is 5.32 Å². The van der Waals surface area contributed by atoms with E-state index in [0.717, 1.165) is 31.4 Å². The Balaban J connectivity index is 1.84. The molecule has 0 unspecified atom stereocenters. The van der Waals surface area contributed by atoms with Gasteiger partial charge in [-0.1, -0.05) is 6.07 Å².